The third-order valence-corrected chi connectivity index (χ3v) is 2.97. The summed E-state index contributed by atoms with van der Waals surface area (Å²) >= 11 is 0. The first-order valence-corrected chi connectivity index (χ1v) is 5.91. The Labute approximate surface area is 113 Å². The maximum absolute atomic E-state index is 13.0. The Bertz CT molecular complexity index is 414. The molecule has 5 heteroatoms. The second kappa shape index (κ2) is 6.71. The van der Waals surface area contributed by atoms with Crippen molar-refractivity contribution in [3.63, 3.8) is 0 Å². The Morgan fingerprint density at radius 2 is 2.33 bits per heavy atom. The summed E-state index contributed by atoms with van der Waals surface area (Å²) in [5, 5.41) is 3.29. The average molecular weight is 273 g/mol. The first-order chi connectivity index (χ1) is 8.15. The lowest BCUT2D eigenvalue weighted by Gasteiger charge is -2.32. The van der Waals surface area contributed by atoms with Gasteiger partial charge in [-0.3, -0.25) is 4.79 Å². The van der Waals surface area contributed by atoms with Crippen LogP contribution >= 0.6 is 12.4 Å². The predicted molar refractivity (Wildman–Crippen MR) is 71.4 cm³/mol. The monoisotopic (exact) mass is 272 g/mol. The number of hydrogen-bond donors (Lipinski definition) is 1. The summed E-state index contributed by atoms with van der Waals surface area (Å²) in [6.45, 7) is 4.35. The van der Waals surface area contributed by atoms with E-state index < -0.39 is 0 Å². The molecule has 18 heavy (non-hydrogen) atoms. The fraction of sp³-hybridized carbons (Fsp3) is 0.462. The van der Waals surface area contributed by atoms with Gasteiger partial charge in [0, 0.05) is 25.7 Å². The standard InChI is InChI=1S/C13H17FN2O.ClH/c1-10-9-16(6-5-15-10)13(17)8-11-3-2-4-12(14)7-11;/h2-4,7,10,15H,5-6,8-9H2,1H3;1H/t10-;/m1./s1. The molecule has 1 heterocycles. The Kier molecular flexibility index (Phi) is 5.56. The zero-order chi connectivity index (χ0) is 12.3. The number of piperazine rings is 1. The summed E-state index contributed by atoms with van der Waals surface area (Å²) in [7, 11) is 0. The molecular weight excluding hydrogens is 255 g/mol. The van der Waals surface area contributed by atoms with Gasteiger partial charge >= 0.3 is 0 Å². The largest absolute Gasteiger partial charge is 0.340 e. The van der Waals surface area contributed by atoms with Gasteiger partial charge in [-0.1, -0.05) is 12.1 Å². The third kappa shape index (κ3) is 3.96. The molecule has 1 aliphatic heterocycles. The van der Waals surface area contributed by atoms with Gasteiger partial charge < -0.3 is 10.2 Å². The third-order valence-electron chi connectivity index (χ3n) is 2.97. The molecule has 1 aliphatic rings. The molecule has 2 rings (SSSR count). The van der Waals surface area contributed by atoms with E-state index in [1.807, 2.05) is 4.90 Å². The molecule has 1 atom stereocenters. The van der Waals surface area contributed by atoms with Crippen molar-refractivity contribution in [2.45, 2.75) is 19.4 Å². The van der Waals surface area contributed by atoms with Crippen LogP contribution in [0.4, 0.5) is 4.39 Å². The molecule has 1 N–H and O–H groups in total. The fourth-order valence-electron chi connectivity index (χ4n) is 2.09. The van der Waals surface area contributed by atoms with Gasteiger partial charge in [-0.05, 0) is 24.6 Å². The number of amides is 1. The zero-order valence-corrected chi connectivity index (χ0v) is 11.2. The lowest BCUT2D eigenvalue weighted by atomic mass is 10.1. The van der Waals surface area contributed by atoms with E-state index in [0.717, 1.165) is 25.2 Å². The molecule has 1 amide bonds. The molecular formula is C13H18ClFN2O. The maximum atomic E-state index is 13.0. The summed E-state index contributed by atoms with van der Waals surface area (Å²) in [6.07, 6.45) is 0.282. The molecule has 100 valence electrons. The summed E-state index contributed by atoms with van der Waals surface area (Å²) in [5.41, 5.74) is 0.737. The molecule has 0 spiro atoms. The summed E-state index contributed by atoms with van der Waals surface area (Å²) in [6, 6.07) is 6.57. The van der Waals surface area contributed by atoms with Crippen molar-refractivity contribution in [3.8, 4) is 0 Å². The topological polar surface area (TPSA) is 32.3 Å². The number of halogens is 2. The smallest absolute Gasteiger partial charge is 0.227 e. The lowest BCUT2D eigenvalue weighted by molar-refractivity contribution is -0.131. The Morgan fingerprint density at radius 1 is 1.56 bits per heavy atom. The van der Waals surface area contributed by atoms with Gasteiger partial charge in [0.15, 0.2) is 0 Å². The SMILES string of the molecule is C[C@@H]1CN(C(=O)Cc2cccc(F)c2)CCN1.Cl. The van der Waals surface area contributed by atoms with Crippen molar-refractivity contribution < 1.29 is 9.18 Å². The number of benzene rings is 1. The van der Waals surface area contributed by atoms with Gasteiger partial charge in [0.05, 0.1) is 6.42 Å². The van der Waals surface area contributed by atoms with Crippen molar-refractivity contribution in [1.29, 1.82) is 0 Å². The van der Waals surface area contributed by atoms with Crippen LogP contribution in [0, 0.1) is 5.82 Å². The van der Waals surface area contributed by atoms with Crippen molar-refractivity contribution in [3.05, 3.63) is 35.6 Å². The van der Waals surface area contributed by atoms with Crippen LogP contribution in [0.1, 0.15) is 12.5 Å². The molecule has 3 nitrogen and oxygen atoms in total. The molecule has 0 aliphatic carbocycles. The lowest BCUT2D eigenvalue weighted by Crippen LogP contribution is -2.51. The molecule has 1 aromatic rings. The van der Waals surface area contributed by atoms with Gasteiger partial charge in [-0.25, -0.2) is 4.39 Å². The van der Waals surface area contributed by atoms with Crippen LogP contribution < -0.4 is 5.32 Å². The number of carbonyl (C=O) groups excluding carboxylic acids is 1. The molecule has 0 saturated carbocycles. The minimum atomic E-state index is -0.288. The van der Waals surface area contributed by atoms with Crippen molar-refractivity contribution in [2.24, 2.45) is 0 Å². The predicted octanol–water partition coefficient (Wildman–Crippen LogP) is 1.61. The van der Waals surface area contributed by atoms with Crippen LogP contribution in [-0.2, 0) is 11.2 Å². The van der Waals surface area contributed by atoms with E-state index in [-0.39, 0.29) is 30.6 Å². The molecule has 1 fully saturated rings. The summed E-state index contributed by atoms with van der Waals surface area (Å²) in [5.74, 6) is -0.215. The molecule has 0 radical (unpaired) electrons. The van der Waals surface area contributed by atoms with E-state index in [1.54, 1.807) is 12.1 Å². The molecule has 1 saturated heterocycles. The Balaban J connectivity index is 0.00000162. The van der Waals surface area contributed by atoms with E-state index in [9.17, 15) is 9.18 Å². The second-order valence-electron chi connectivity index (χ2n) is 4.50. The normalized spacial score (nSPS) is 19.2. The molecule has 0 unspecified atom stereocenters. The van der Waals surface area contributed by atoms with Gasteiger partial charge in [-0.15, -0.1) is 12.4 Å². The highest BCUT2D eigenvalue weighted by Crippen LogP contribution is 2.07. The van der Waals surface area contributed by atoms with Gasteiger partial charge in [0.1, 0.15) is 5.82 Å². The van der Waals surface area contributed by atoms with Crippen LogP contribution in [-0.4, -0.2) is 36.5 Å². The maximum Gasteiger partial charge on any atom is 0.227 e. The van der Waals surface area contributed by atoms with E-state index >= 15 is 0 Å². The minimum absolute atomic E-state index is 0. The van der Waals surface area contributed by atoms with Crippen molar-refractivity contribution in [1.82, 2.24) is 10.2 Å². The highest BCUT2D eigenvalue weighted by molar-refractivity contribution is 5.85. The van der Waals surface area contributed by atoms with Crippen molar-refractivity contribution in [2.75, 3.05) is 19.6 Å². The van der Waals surface area contributed by atoms with E-state index in [0.29, 0.717) is 6.04 Å². The average Bonchev–Trinajstić information content (AvgIpc) is 2.29. The van der Waals surface area contributed by atoms with Crippen LogP contribution in [0.15, 0.2) is 24.3 Å². The Hall–Kier alpha value is -1.13. The first-order valence-electron chi connectivity index (χ1n) is 5.91. The van der Waals surface area contributed by atoms with Crippen LogP contribution in [0.25, 0.3) is 0 Å². The van der Waals surface area contributed by atoms with Crippen LogP contribution in [0.5, 0.6) is 0 Å². The van der Waals surface area contributed by atoms with Crippen LogP contribution in [0.2, 0.25) is 0 Å². The zero-order valence-electron chi connectivity index (χ0n) is 10.4. The van der Waals surface area contributed by atoms with Gasteiger partial charge in [-0.2, -0.15) is 0 Å². The van der Waals surface area contributed by atoms with Gasteiger partial charge in [0.25, 0.3) is 0 Å². The number of nitrogens with one attached hydrogen (secondary N) is 1. The van der Waals surface area contributed by atoms with Crippen molar-refractivity contribution >= 4 is 18.3 Å². The minimum Gasteiger partial charge on any atom is -0.340 e. The fourth-order valence-corrected chi connectivity index (χ4v) is 2.09. The van der Waals surface area contributed by atoms with E-state index in [1.165, 1.54) is 12.1 Å². The summed E-state index contributed by atoms with van der Waals surface area (Å²) < 4.78 is 13.0. The first kappa shape index (κ1) is 14.9. The van der Waals surface area contributed by atoms with E-state index in [4.69, 9.17) is 0 Å². The highest BCUT2D eigenvalue weighted by Gasteiger charge is 2.20. The number of rotatable bonds is 2. The molecule has 0 bridgehead atoms. The number of hydrogen-bond acceptors (Lipinski definition) is 2. The van der Waals surface area contributed by atoms with Gasteiger partial charge in [0.2, 0.25) is 5.91 Å². The van der Waals surface area contributed by atoms with E-state index in [2.05, 4.69) is 12.2 Å². The number of nitrogens with zero attached hydrogens (tertiary/aromatic N) is 1. The molecule has 1 aromatic carbocycles. The summed E-state index contributed by atoms with van der Waals surface area (Å²) in [4.78, 5) is 13.8. The number of carbonyl (C=O) groups is 1. The molecule has 0 aromatic heterocycles. The quantitative estimate of drug-likeness (QED) is 0.887. The second-order valence-corrected chi connectivity index (χ2v) is 4.50. The Morgan fingerprint density at radius 3 is 3.00 bits per heavy atom. The highest BCUT2D eigenvalue weighted by atomic mass is 35.5. The van der Waals surface area contributed by atoms with Crippen LogP contribution in [0.3, 0.4) is 0 Å².